The molecule has 96 valence electrons. The number of halogens is 1. The van der Waals surface area contributed by atoms with Gasteiger partial charge in [-0.25, -0.2) is 0 Å². The largest absolute Gasteiger partial charge is 0.306 e. The van der Waals surface area contributed by atoms with Crippen molar-refractivity contribution in [1.29, 1.82) is 0 Å². The van der Waals surface area contributed by atoms with Crippen LogP contribution < -0.4 is 5.32 Å². The summed E-state index contributed by atoms with van der Waals surface area (Å²) in [4.78, 5) is 1.20. The number of hydrogen-bond donors (Lipinski definition) is 1. The Labute approximate surface area is 118 Å². The van der Waals surface area contributed by atoms with Gasteiger partial charge in [-0.3, -0.25) is 0 Å². The minimum atomic E-state index is 0.197. The molecule has 1 unspecified atom stereocenters. The highest BCUT2D eigenvalue weighted by Gasteiger charge is 2.19. The van der Waals surface area contributed by atoms with Crippen LogP contribution in [-0.2, 0) is 0 Å². The molecule has 1 N–H and O–H groups in total. The Morgan fingerprint density at radius 3 is 2.67 bits per heavy atom. The smallest absolute Gasteiger partial charge is 0.0688 e. The molecule has 1 heterocycles. The third-order valence-electron chi connectivity index (χ3n) is 3.06. The summed E-state index contributed by atoms with van der Waals surface area (Å²) in [5.41, 5.74) is 3.91. The van der Waals surface area contributed by atoms with Gasteiger partial charge < -0.3 is 5.32 Å². The Balaban J connectivity index is 2.48. The molecule has 2 rings (SSSR count). The summed E-state index contributed by atoms with van der Waals surface area (Å²) >= 11 is 8.00. The zero-order valence-electron chi connectivity index (χ0n) is 11.0. The van der Waals surface area contributed by atoms with E-state index in [1.165, 1.54) is 21.6 Å². The minimum absolute atomic E-state index is 0.197. The molecular formula is C15H18ClNS. The number of aryl methyl sites for hydroxylation is 2. The van der Waals surface area contributed by atoms with E-state index in [1.807, 2.05) is 11.4 Å². The van der Waals surface area contributed by atoms with Gasteiger partial charge in [-0.15, -0.1) is 11.3 Å². The second kappa shape index (κ2) is 5.87. The highest BCUT2D eigenvalue weighted by molar-refractivity contribution is 7.10. The molecule has 1 atom stereocenters. The van der Waals surface area contributed by atoms with Crippen LogP contribution in [0, 0.1) is 13.8 Å². The van der Waals surface area contributed by atoms with Crippen molar-refractivity contribution in [2.24, 2.45) is 0 Å². The summed E-state index contributed by atoms with van der Waals surface area (Å²) in [6, 6.07) is 8.74. The number of thiophene rings is 1. The second-order valence-corrected chi connectivity index (χ2v) is 5.84. The fourth-order valence-electron chi connectivity index (χ4n) is 2.13. The third kappa shape index (κ3) is 2.77. The SMILES string of the molecule is CCNC(c1cc(C)ccc1C)c1sccc1Cl. The molecule has 1 nitrogen and oxygen atoms in total. The van der Waals surface area contributed by atoms with E-state index in [0.717, 1.165) is 11.6 Å². The Morgan fingerprint density at radius 2 is 2.06 bits per heavy atom. The van der Waals surface area contributed by atoms with Crippen LogP contribution >= 0.6 is 22.9 Å². The van der Waals surface area contributed by atoms with E-state index >= 15 is 0 Å². The zero-order chi connectivity index (χ0) is 13.1. The molecule has 0 saturated carbocycles. The number of nitrogens with one attached hydrogen (secondary N) is 1. The van der Waals surface area contributed by atoms with Crippen molar-refractivity contribution in [3.63, 3.8) is 0 Å². The van der Waals surface area contributed by atoms with Gasteiger partial charge in [0.25, 0.3) is 0 Å². The lowest BCUT2D eigenvalue weighted by atomic mass is 9.98. The van der Waals surface area contributed by atoms with Gasteiger partial charge in [-0.1, -0.05) is 42.3 Å². The highest BCUT2D eigenvalue weighted by Crippen LogP contribution is 2.34. The summed E-state index contributed by atoms with van der Waals surface area (Å²) in [7, 11) is 0. The maximum Gasteiger partial charge on any atom is 0.0688 e. The lowest BCUT2D eigenvalue weighted by Crippen LogP contribution is -2.22. The van der Waals surface area contributed by atoms with Gasteiger partial charge in [-0.05, 0) is 43.0 Å². The Bertz CT molecular complexity index is 533. The van der Waals surface area contributed by atoms with Crippen LogP contribution in [0.15, 0.2) is 29.6 Å². The van der Waals surface area contributed by atoms with Gasteiger partial charge in [0.05, 0.1) is 11.1 Å². The summed E-state index contributed by atoms with van der Waals surface area (Å²) in [6.45, 7) is 7.33. The zero-order valence-corrected chi connectivity index (χ0v) is 12.5. The van der Waals surface area contributed by atoms with Crippen molar-refractivity contribution in [3.8, 4) is 0 Å². The molecule has 18 heavy (non-hydrogen) atoms. The molecule has 1 aromatic heterocycles. The topological polar surface area (TPSA) is 12.0 Å². The van der Waals surface area contributed by atoms with Gasteiger partial charge in [-0.2, -0.15) is 0 Å². The van der Waals surface area contributed by atoms with E-state index in [0.29, 0.717) is 0 Å². The molecule has 0 bridgehead atoms. The first-order chi connectivity index (χ1) is 8.63. The summed E-state index contributed by atoms with van der Waals surface area (Å²) in [6.07, 6.45) is 0. The molecule has 0 fully saturated rings. The van der Waals surface area contributed by atoms with Crippen molar-refractivity contribution >= 4 is 22.9 Å². The Kier molecular flexibility index (Phi) is 4.44. The quantitative estimate of drug-likeness (QED) is 0.854. The lowest BCUT2D eigenvalue weighted by molar-refractivity contribution is 0.636. The van der Waals surface area contributed by atoms with Crippen molar-refractivity contribution < 1.29 is 0 Å². The predicted molar refractivity (Wildman–Crippen MR) is 80.8 cm³/mol. The van der Waals surface area contributed by atoms with E-state index < -0.39 is 0 Å². The van der Waals surface area contributed by atoms with Crippen molar-refractivity contribution in [3.05, 3.63) is 56.2 Å². The Morgan fingerprint density at radius 1 is 1.28 bits per heavy atom. The Hall–Kier alpha value is -0.830. The maximum atomic E-state index is 6.28. The normalized spacial score (nSPS) is 12.7. The van der Waals surface area contributed by atoms with Crippen molar-refractivity contribution in [1.82, 2.24) is 5.32 Å². The molecule has 0 spiro atoms. The molecule has 1 aromatic carbocycles. The van der Waals surface area contributed by atoms with Crippen LogP contribution in [0.25, 0.3) is 0 Å². The van der Waals surface area contributed by atoms with Crippen LogP contribution in [0.2, 0.25) is 5.02 Å². The minimum Gasteiger partial charge on any atom is -0.306 e. The first kappa shape index (κ1) is 13.6. The van der Waals surface area contributed by atoms with Crippen molar-refractivity contribution in [2.45, 2.75) is 26.8 Å². The molecular weight excluding hydrogens is 262 g/mol. The molecule has 0 saturated heterocycles. The van der Waals surface area contributed by atoms with Crippen LogP contribution in [-0.4, -0.2) is 6.54 Å². The van der Waals surface area contributed by atoms with Gasteiger partial charge in [0, 0.05) is 4.88 Å². The monoisotopic (exact) mass is 279 g/mol. The first-order valence-corrected chi connectivity index (χ1v) is 7.42. The van der Waals surface area contributed by atoms with Crippen LogP contribution in [0.1, 0.15) is 34.5 Å². The third-order valence-corrected chi connectivity index (χ3v) is 4.48. The van der Waals surface area contributed by atoms with Crippen LogP contribution in [0.4, 0.5) is 0 Å². The average molecular weight is 280 g/mol. The second-order valence-electron chi connectivity index (χ2n) is 4.48. The van der Waals surface area contributed by atoms with Gasteiger partial charge in [0.1, 0.15) is 0 Å². The fraction of sp³-hybridized carbons (Fsp3) is 0.333. The van der Waals surface area contributed by atoms with E-state index in [2.05, 4.69) is 44.3 Å². The molecule has 3 heteroatoms. The lowest BCUT2D eigenvalue weighted by Gasteiger charge is -2.20. The van der Waals surface area contributed by atoms with Gasteiger partial charge in [0.15, 0.2) is 0 Å². The molecule has 0 aliphatic heterocycles. The van der Waals surface area contributed by atoms with E-state index in [9.17, 15) is 0 Å². The van der Waals surface area contributed by atoms with Gasteiger partial charge in [0.2, 0.25) is 0 Å². The summed E-state index contributed by atoms with van der Waals surface area (Å²) in [5, 5.41) is 6.44. The summed E-state index contributed by atoms with van der Waals surface area (Å²) < 4.78 is 0. The average Bonchev–Trinajstić information content (AvgIpc) is 2.76. The maximum absolute atomic E-state index is 6.28. The number of hydrogen-bond acceptors (Lipinski definition) is 2. The molecule has 0 aliphatic carbocycles. The van der Waals surface area contributed by atoms with Gasteiger partial charge >= 0.3 is 0 Å². The molecule has 2 aromatic rings. The van der Waals surface area contributed by atoms with E-state index in [-0.39, 0.29) is 6.04 Å². The number of rotatable bonds is 4. The predicted octanol–water partition coefficient (Wildman–Crippen LogP) is 4.72. The molecule has 0 amide bonds. The van der Waals surface area contributed by atoms with Crippen LogP contribution in [0.3, 0.4) is 0 Å². The number of benzene rings is 1. The van der Waals surface area contributed by atoms with E-state index in [4.69, 9.17) is 11.6 Å². The van der Waals surface area contributed by atoms with Crippen molar-refractivity contribution in [2.75, 3.05) is 6.54 Å². The fourth-order valence-corrected chi connectivity index (χ4v) is 3.39. The standard InChI is InChI=1S/C15H18ClNS/c1-4-17-14(15-13(16)7-8-18-15)12-9-10(2)5-6-11(12)3/h5-9,14,17H,4H2,1-3H3. The first-order valence-electron chi connectivity index (χ1n) is 6.17. The summed E-state index contributed by atoms with van der Waals surface area (Å²) in [5.74, 6) is 0. The van der Waals surface area contributed by atoms with E-state index in [1.54, 1.807) is 11.3 Å². The molecule has 0 radical (unpaired) electrons. The van der Waals surface area contributed by atoms with Crippen LogP contribution in [0.5, 0.6) is 0 Å². The molecule has 0 aliphatic rings. The highest BCUT2D eigenvalue weighted by atomic mass is 35.5.